The van der Waals surface area contributed by atoms with Crippen molar-refractivity contribution in [1.82, 2.24) is 0 Å². The van der Waals surface area contributed by atoms with Crippen molar-refractivity contribution in [3.05, 3.63) is 29.8 Å². The Morgan fingerprint density at radius 2 is 1.79 bits per heavy atom. The van der Waals surface area contributed by atoms with Crippen molar-refractivity contribution in [3.63, 3.8) is 0 Å². The van der Waals surface area contributed by atoms with Gasteiger partial charge >= 0.3 is 0 Å². The number of carbonyl (C=O) groups excluding carboxylic acids is 1. The molecule has 1 saturated carbocycles. The molecule has 6 heteroatoms. The summed E-state index contributed by atoms with van der Waals surface area (Å²) < 4.78 is 22.1. The number of hydrogen-bond acceptors (Lipinski definition) is 3. The van der Waals surface area contributed by atoms with E-state index in [1.54, 1.807) is 24.3 Å². The second kappa shape index (κ2) is 8.62. The first-order valence-corrected chi connectivity index (χ1v) is 10.5. The van der Waals surface area contributed by atoms with E-state index in [0.29, 0.717) is 11.3 Å². The summed E-state index contributed by atoms with van der Waals surface area (Å²) in [5.74, 6) is 0.754. The molecular weight excluding hydrogens is 324 g/mol. The van der Waals surface area contributed by atoms with E-state index in [2.05, 4.69) is 12.2 Å². The molecule has 0 aromatic heterocycles. The van der Waals surface area contributed by atoms with Gasteiger partial charge in [0.2, 0.25) is 15.9 Å². The summed E-state index contributed by atoms with van der Waals surface area (Å²) in [5.41, 5.74) is 1.32. The van der Waals surface area contributed by atoms with Gasteiger partial charge in [-0.3, -0.25) is 4.79 Å². The maximum atomic E-state index is 12.4. The summed E-state index contributed by atoms with van der Waals surface area (Å²) in [5, 5.41) is 7.97. The number of sulfonamides is 1. The van der Waals surface area contributed by atoms with Crippen LogP contribution >= 0.6 is 0 Å². The van der Waals surface area contributed by atoms with Crippen molar-refractivity contribution in [2.75, 3.05) is 5.32 Å². The number of unbranched alkanes of at least 4 members (excludes halogenated alkanes) is 1. The molecule has 0 aliphatic heterocycles. The molecule has 0 unspecified atom stereocenters. The van der Waals surface area contributed by atoms with Crippen LogP contribution in [0.4, 0.5) is 5.69 Å². The SMILES string of the molecule is CCCCC1CCC(C(=O)Nc2ccc(CS(N)(=O)=O)cc2)CC1. The Kier molecular flexibility index (Phi) is 6.80. The van der Waals surface area contributed by atoms with E-state index in [9.17, 15) is 13.2 Å². The van der Waals surface area contributed by atoms with Gasteiger partial charge in [0.1, 0.15) is 0 Å². The van der Waals surface area contributed by atoms with Crippen LogP contribution in [0.5, 0.6) is 0 Å². The molecule has 0 spiro atoms. The van der Waals surface area contributed by atoms with Gasteiger partial charge in [0, 0.05) is 11.6 Å². The first-order chi connectivity index (χ1) is 11.4. The monoisotopic (exact) mass is 352 g/mol. The van der Waals surface area contributed by atoms with Gasteiger partial charge in [0.15, 0.2) is 0 Å². The lowest BCUT2D eigenvalue weighted by Crippen LogP contribution is -2.27. The number of nitrogens with two attached hydrogens (primary N) is 1. The van der Waals surface area contributed by atoms with Crippen molar-refractivity contribution in [2.24, 2.45) is 17.0 Å². The molecular formula is C18H28N2O3S. The molecule has 0 atom stereocenters. The molecule has 1 amide bonds. The predicted octanol–water partition coefficient (Wildman–Crippen LogP) is 3.41. The smallest absolute Gasteiger partial charge is 0.227 e. The molecule has 0 radical (unpaired) electrons. The molecule has 1 aromatic carbocycles. The molecule has 2 rings (SSSR count). The second-order valence-electron chi connectivity index (χ2n) is 6.85. The van der Waals surface area contributed by atoms with Gasteiger partial charge < -0.3 is 5.32 Å². The van der Waals surface area contributed by atoms with E-state index >= 15 is 0 Å². The minimum atomic E-state index is -3.53. The molecule has 0 heterocycles. The molecule has 1 fully saturated rings. The summed E-state index contributed by atoms with van der Waals surface area (Å²) in [4.78, 5) is 12.4. The van der Waals surface area contributed by atoms with Crippen LogP contribution in [0.3, 0.4) is 0 Å². The van der Waals surface area contributed by atoms with Crippen LogP contribution in [0, 0.1) is 11.8 Å². The third kappa shape index (κ3) is 6.24. The minimum absolute atomic E-state index is 0.0723. The third-order valence-corrected chi connectivity index (χ3v) is 5.51. The maximum absolute atomic E-state index is 12.4. The number of carbonyl (C=O) groups is 1. The highest BCUT2D eigenvalue weighted by molar-refractivity contribution is 7.88. The fraction of sp³-hybridized carbons (Fsp3) is 0.611. The highest BCUT2D eigenvalue weighted by Crippen LogP contribution is 2.32. The van der Waals surface area contributed by atoms with Gasteiger partial charge in [0.05, 0.1) is 5.75 Å². The van der Waals surface area contributed by atoms with Crippen LogP contribution in [-0.4, -0.2) is 14.3 Å². The summed E-state index contributed by atoms with van der Waals surface area (Å²) in [7, 11) is -3.53. The van der Waals surface area contributed by atoms with E-state index in [4.69, 9.17) is 5.14 Å². The first-order valence-electron chi connectivity index (χ1n) is 8.77. The number of nitrogens with one attached hydrogen (secondary N) is 1. The molecule has 3 N–H and O–H groups in total. The zero-order valence-electron chi connectivity index (χ0n) is 14.3. The summed E-state index contributed by atoms with van der Waals surface area (Å²) >= 11 is 0. The van der Waals surface area contributed by atoms with Gasteiger partial charge in [-0.1, -0.05) is 38.3 Å². The second-order valence-corrected chi connectivity index (χ2v) is 8.47. The van der Waals surface area contributed by atoms with E-state index in [0.717, 1.165) is 31.6 Å². The van der Waals surface area contributed by atoms with Crippen molar-refractivity contribution in [2.45, 2.75) is 57.6 Å². The van der Waals surface area contributed by atoms with Gasteiger partial charge in [-0.05, 0) is 49.3 Å². The number of hydrogen-bond donors (Lipinski definition) is 2. The summed E-state index contributed by atoms with van der Waals surface area (Å²) in [6, 6.07) is 6.82. The number of benzene rings is 1. The summed E-state index contributed by atoms with van der Waals surface area (Å²) in [6.45, 7) is 2.22. The van der Waals surface area contributed by atoms with Crippen molar-refractivity contribution < 1.29 is 13.2 Å². The molecule has 0 saturated heterocycles. The molecule has 5 nitrogen and oxygen atoms in total. The van der Waals surface area contributed by atoms with Gasteiger partial charge in [0.25, 0.3) is 0 Å². The maximum Gasteiger partial charge on any atom is 0.227 e. The lowest BCUT2D eigenvalue weighted by molar-refractivity contribution is -0.121. The molecule has 134 valence electrons. The Bertz CT molecular complexity index is 633. The average molecular weight is 353 g/mol. The Balaban J connectivity index is 1.82. The zero-order valence-corrected chi connectivity index (χ0v) is 15.1. The zero-order chi connectivity index (χ0) is 17.6. The largest absolute Gasteiger partial charge is 0.326 e. The number of amides is 1. The van der Waals surface area contributed by atoms with Crippen LogP contribution in [0.2, 0.25) is 0 Å². The quantitative estimate of drug-likeness (QED) is 0.788. The Hall–Kier alpha value is -1.40. The first kappa shape index (κ1) is 18.9. The van der Waals surface area contributed by atoms with Gasteiger partial charge in [-0.2, -0.15) is 0 Å². The highest BCUT2D eigenvalue weighted by Gasteiger charge is 2.25. The van der Waals surface area contributed by atoms with Gasteiger partial charge in [-0.15, -0.1) is 0 Å². The van der Waals surface area contributed by atoms with Crippen LogP contribution in [0.1, 0.15) is 57.4 Å². The molecule has 1 aromatic rings. The van der Waals surface area contributed by atoms with E-state index < -0.39 is 10.0 Å². The predicted molar refractivity (Wildman–Crippen MR) is 96.9 cm³/mol. The van der Waals surface area contributed by atoms with Crippen LogP contribution < -0.4 is 10.5 Å². The number of anilines is 1. The van der Waals surface area contributed by atoms with Crippen LogP contribution in [0.25, 0.3) is 0 Å². The highest BCUT2D eigenvalue weighted by atomic mass is 32.2. The summed E-state index contributed by atoms with van der Waals surface area (Å²) in [6.07, 6.45) is 8.02. The molecule has 1 aliphatic carbocycles. The van der Waals surface area contributed by atoms with Gasteiger partial charge in [-0.25, -0.2) is 13.6 Å². The molecule has 1 aliphatic rings. The molecule has 24 heavy (non-hydrogen) atoms. The van der Waals surface area contributed by atoms with Crippen molar-refractivity contribution >= 4 is 21.6 Å². The van der Waals surface area contributed by atoms with Crippen LogP contribution in [-0.2, 0) is 20.6 Å². The standard InChI is InChI=1S/C18H28N2O3S/c1-2-3-4-14-5-9-16(10-6-14)18(21)20-17-11-7-15(8-12-17)13-24(19,22)23/h7-8,11-12,14,16H,2-6,9-10,13H2,1H3,(H,20,21)(H2,19,22,23). The Morgan fingerprint density at radius 1 is 1.17 bits per heavy atom. The average Bonchev–Trinajstić information content (AvgIpc) is 2.54. The van der Waals surface area contributed by atoms with Crippen LogP contribution in [0.15, 0.2) is 24.3 Å². The fourth-order valence-electron chi connectivity index (χ4n) is 3.37. The number of primary sulfonamides is 1. The van der Waals surface area contributed by atoms with E-state index in [-0.39, 0.29) is 17.6 Å². The van der Waals surface area contributed by atoms with Crippen molar-refractivity contribution in [1.29, 1.82) is 0 Å². The molecule has 0 bridgehead atoms. The van der Waals surface area contributed by atoms with Crippen molar-refractivity contribution in [3.8, 4) is 0 Å². The number of rotatable bonds is 7. The lowest BCUT2D eigenvalue weighted by atomic mass is 9.79. The topological polar surface area (TPSA) is 89.3 Å². The van der Waals surface area contributed by atoms with E-state index in [1.165, 1.54) is 19.3 Å². The van der Waals surface area contributed by atoms with E-state index in [1.807, 2.05) is 0 Å². The normalized spacial score (nSPS) is 21.4. The Morgan fingerprint density at radius 3 is 2.33 bits per heavy atom. The minimum Gasteiger partial charge on any atom is -0.326 e. The Labute approximate surface area is 145 Å². The third-order valence-electron chi connectivity index (χ3n) is 4.77. The fourth-order valence-corrected chi connectivity index (χ4v) is 4.02. The lowest BCUT2D eigenvalue weighted by Gasteiger charge is -2.27.